The van der Waals surface area contributed by atoms with Crippen LogP contribution in [-0.4, -0.2) is 39.4 Å². The van der Waals surface area contributed by atoms with Crippen molar-refractivity contribution in [2.45, 2.75) is 12.5 Å². The number of rotatable bonds is 6. The minimum absolute atomic E-state index is 0.0564. The SMILES string of the molecule is COCC(COC)NC(=O)C1=C2C=C3CC3=C2C=C1. The maximum absolute atomic E-state index is 12.3. The smallest absolute Gasteiger partial charge is 0.252 e. The number of methoxy groups -OCH3 is 2. The van der Waals surface area contributed by atoms with Crippen molar-refractivity contribution in [3.8, 4) is 0 Å². The Morgan fingerprint density at radius 3 is 2.68 bits per heavy atom. The van der Waals surface area contributed by atoms with E-state index >= 15 is 0 Å². The first-order valence-corrected chi connectivity index (χ1v) is 6.40. The average molecular weight is 259 g/mol. The normalized spacial score (nSPS) is 19.0. The topological polar surface area (TPSA) is 47.6 Å². The molecule has 3 rings (SSSR count). The van der Waals surface area contributed by atoms with Crippen LogP contribution in [-0.2, 0) is 14.3 Å². The lowest BCUT2D eigenvalue weighted by Crippen LogP contribution is -2.41. The maximum Gasteiger partial charge on any atom is 0.252 e. The first-order valence-electron chi connectivity index (χ1n) is 6.40. The minimum atomic E-state index is -0.121. The molecule has 0 radical (unpaired) electrons. The number of nitrogens with one attached hydrogen (secondary N) is 1. The van der Waals surface area contributed by atoms with Gasteiger partial charge in [0.1, 0.15) is 0 Å². The summed E-state index contributed by atoms with van der Waals surface area (Å²) in [7, 11) is 3.23. The van der Waals surface area contributed by atoms with Crippen molar-refractivity contribution >= 4 is 5.91 Å². The molecule has 3 aliphatic rings. The predicted octanol–water partition coefficient (Wildman–Crippen LogP) is 1.27. The van der Waals surface area contributed by atoms with Crippen LogP contribution in [0.2, 0.25) is 0 Å². The fraction of sp³-hybridized carbons (Fsp3) is 0.400. The minimum Gasteiger partial charge on any atom is -0.382 e. The van der Waals surface area contributed by atoms with Crippen LogP contribution in [0.25, 0.3) is 0 Å². The molecule has 0 aromatic rings. The second-order valence-corrected chi connectivity index (χ2v) is 4.98. The van der Waals surface area contributed by atoms with Crippen LogP contribution in [0.15, 0.2) is 46.1 Å². The number of allylic oxidation sites excluding steroid dienone is 6. The Balaban J connectivity index is 1.72. The number of amides is 1. The summed E-state index contributed by atoms with van der Waals surface area (Å²) in [6.07, 6.45) is 7.16. The van der Waals surface area contributed by atoms with E-state index in [-0.39, 0.29) is 11.9 Å². The van der Waals surface area contributed by atoms with E-state index in [0.29, 0.717) is 13.2 Å². The molecule has 1 fully saturated rings. The van der Waals surface area contributed by atoms with Crippen LogP contribution < -0.4 is 5.32 Å². The van der Waals surface area contributed by atoms with Crippen LogP contribution in [0, 0.1) is 0 Å². The third-order valence-electron chi connectivity index (χ3n) is 3.59. The molecule has 0 aromatic carbocycles. The highest BCUT2D eigenvalue weighted by molar-refractivity contribution is 6.01. The largest absolute Gasteiger partial charge is 0.382 e. The van der Waals surface area contributed by atoms with Crippen molar-refractivity contribution in [3.63, 3.8) is 0 Å². The molecule has 1 N–H and O–H groups in total. The van der Waals surface area contributed by atoms with Gasteiger partial charge in [-0.25, -0.2) is 0 Å². The molecule has 0 aliphatic heterocycles. The van der Waals surface area contributed by atoms with E-state index in [1.54, 1.807) is 14.2 Å². The van der Waals surface area contributed by atoms with E-state index in [2.05, 4.69) is 11.4 Å². The van der Waals surface area contributed by atoms with Crippen LogP contribution in [0.3, 0.4) is 0 Å². The Bertz CT molecular complexity index is 546. The molecular formula is C15H17NO3. The number of hydrogen-bond donors (Lipinski definition) is 1. The predicted molar refractivity (Wildman–Crippen MR) is 71.6 cm³/mol. The fourth-order valence-corrected chi connectivity index (χ4v) is 2.63. The summed E-state index contributed by atoms with van der Waals surface area (Å²) in [5, 5.41) is 2.95. The summed E-state index contributed by atoms with van der Waals surface area (Å²) in [6.45, 7) is 0.891. The van der Waals surface area contributed by atoms with E-state index in [9.17, 15) is 4.79 Å². The summed E-state index contributed by atoms with van der Waals surface area (Å²) >= 11 is 0. The van der Waals surface area contributed by atoms with Gasteiger partial charge in [0.2, 0.25) is 0 Å². The van der Waals surface area contributed by atoms with Crippen molar-refractivity contribution in [1.29, 1.82) is 0 Å². The van der Waals surface area contributed by atoms with Crippen molar-refractivity contribution < 1.29 is 14.3 Å². The number of hydrogen-bond acceptors (Lipinski definition) is 3. The first-order chi connectivity index (χ1) is 9.24. The van der Waals surface area contributed by atoms with Gasteiger partial charge in [-0.05, 0) is 40.9 Å². The van der Waals surface area contributed by atoms with Crippen LogP contribution in [0.5, 0.6) is 0 Å². The monoisotopic (exact) mass is 259 g/mol. The molecular weight excluding hydrogens is 242 g/mol. The van der Waals surface area contributed by atoms with Crippen LogP contribution in [0.1, 0.15) is 6.42 Å². The molecule has 3 aliphatic carbocycles. The molecule has 0 unspecified atom stereocenters. The van der Waals surface area contributed by atoms with Gasteiger partial charge >= 0.3 is 0 Å². The van der Waals surface area contributed by atoms with Crippen LogP contribution >= 0.6 is 0 Å². The molecule has 19 heavy (non-hydrogen) atoms. The zero-order valence-corrected chi connectivity index (χ0v) is 11.2. The second-order valence-electron chi connectivity index (χ2n) is 4.98. The Morgan fingerprint density at radius 2 is 2.00 bits per heavy atom. The molecule has 0 bridgehead atoms. The molecule has 1 saturated carbocycles. The Hall–Kier alpha value is -1.65. The number of ether oxygens (including phenoxy) is 2. The molecule has 1 amide bonds. The summed E-state index contributed by atoms with van der Waals surface area (Å²) in [4.78, 5) is 12.3. The van der Waals surface area contributed by atoms with Gasteiger partial charge in [0.25, 0.3) is 5.91 Å². The zero-order chi connectivity index (χ0) is 13.4. The molecule has 0 heterocycles. The van der Waals surface area contributed by atoms with Gasteiger partial charge in [-0.1, -0.05) is 6.08 Å². The number of fused-ring (bicyclic) bond motifs is 2. The lowest BCUT2D eigenvalue weighted by molar-refractivity contribution is -0.118. The third-order valence-corrected chi connectivity index (χ3v) is 3.59. The van der Waals surface area contributed by atoms with Gasteiger partial charge < -0.3 is 14.8 Å². The van der Waals surface area contributed by atoms with Gasteiger partial charge in [-0.2, -0.15) is 0 Å². The summed E-state index contributed by atoms with van der Waals surface area (Å²) < 4.78 is 10.2. The zero-order valence-electron chi connectivity index (χ0n) is 11.2. The van der Waals surface area contributed by atoms with E-state index in [0.717, 1.165) is 17.6 Å². The highest BCUT2D eigenvalue weighted by atomic mass is 16.5. The number of carbonyl (C=O) groups is 1. The highest BCUT2D eigenvalue weighted by Crippen LogP contribution is 2.51. The quantitative estimate of drug-likeness (QED) is 0.781. The van der Waals surface area contributed by atoms with Gasteiger partial charge in [-0.15, -0.1) is 0 Å². The fourth-order valence-electron chi connectivity index (χ4n) is 2.63. The molecule has 4 nitrogen and oxygen atoms in total. The van der Waals surface area contributed by atoms with Gasteiger partial charge in [0.05, 0.1) is 19.3 Å². The Kier molecular flexibility index (Phi) is 3.12. The molecule has 0 atom stereocenters. The summed E-state index contributed by atoms with van der Waals surface area (Å²) in [6, 6.07) is -0.121. The average Bonchev–Trinajstić information content (AvgIpc) is 2.86. The summed E-state index contributed by atoms with van der Waals surface area (Å²) in [5.74, 6) is -0.0564. The van der Waals surface area contributed by atoms with Crippen molar-refractivity contribution in [2.24, 2.45) is 0 Å². The molecule has 0 aromatic heterocycles. The summed E-state index contributed by atoms with van der Waals surface area (Å²) in [5.41, 5.74) is 5.83. The first kappa shape index (κ1) is 12.4. The van der Waals surface area contributed by atoms with Crippen molar-refractivity contribution in [2.75, 3.05) is 27.4 Å². The standard InChI is InChI=1S/C15H17NO3/c1-18-7-10(8-19-2)16-15(17)12-4-3-11-13-5-9(13)6-14(11)12/h3-4,6,10H,5,7-8H2,1-2H3,(H,16,17). The lowest BCUT2D eigenvalue weighted by atomic mass is 10.1. The van der Waals surface area contributed by atoms with Gasteiger partial charge in [-0.3, -0.25) is 4.79 Å². The second kappa shape index (κ2) is 4.79. The van der Waals surface area contributed by atoms with Gasteiger partial charge in [0.15, 0.2) is 0 Å². The molecule has 4 heteroatoms. The van der Waals surface area contributed by atoms with Crippen molar-refractivity contribution in [3.05, 3.63) is 46.1 Å². The maximum atomic E-state index is 12.3. The van der Waals surface area contributed by atoms with E-state index in [1.165, 1.54) is 16.7 Å². The van der Waals surface area contributed by atoms with E-state index < -0.39 is 0 Å². The molecule has 0 spiro atoms. The van der Waals surface area contributed by atoms with Crippen LogP contribution in [0.4, 0.5) is 0 Å². The third kappa shape index (κ3) is 2.17. The molecule has 100 valence electrons. The van der Waals surface area contributed by atoms with E-state index in [4.69, 9.17) is 9.47 Å². The van der Waals surface area contributed by atoms with Crippen molar-refractivity contribution in [1.82, 2.24) is 5.32 Å². The number of carbonyl (C=O) groups excluding carboxylic acids is 1. The Labute approximate surface area is 112 Å². The Morgan fingerprint density at radius 1 is 1.26 bits per heavy atom. The van der Waals surface area contributed by atoms with E-state index in [1.807, 2.05) is 12.2 Å². The van der Waals surface area contributed by atoms with Gasteiger partial charge in [0, 0.05) is 19.8 Å². The molecule has 0 saturated heterocycles. The highest BCUT2D eigenvalue weighted by Gasteiger charge is 2.35. The lowest BCUT2D eigenvalue weighted by Gasteiger charge is -2.17.